The fraction of sp³-hybridized carbons (Fsp3) is 0.636. The first kappa shape index (κ1) is 9.59. The zero-order valence-corrected chi connectivity index (χ0v) is 8.92. The van der Waals surface area contributed by atoms with Gasteiger partial charge >= 0.3 is 0 Å². The number of aryl methyl sites for hydroxylation is 2. The van der Waals surface area contributed by atoms with Crippen molar-refractivity contribution in [3.05, 3.63) is 23.5 Å². The van der Waals surface area contributed by atoms with Gasteiger partial charge in [-0.1, -0.05) is 0 Å². The molecule has 2 rings (SSSR count). The summed E-state index contributed by atoms with van der Waals surface area (Å²) in [6.45, 7) is 6.02. The van der Waals surface area contributed by atoms with Crippen molar-refractivity contribution < 1.29 is 4.74 Å². The molecular weight excluding hydrogens is 176 g/mol. The van der Waals surface area contributed by atoms with E-state index in [2.05, 4.69) is 36.1 Å². The summed E-state index contributed by atoms with van der Waals surface area (Å²) in [5, 5.41) is 0. The van der Waals surface area contributed by atoms with E-state index in [4.69, 9.17) is 4.74 Å². The molecule has 0 amide bonds. The van der Waals surface area contributed by atoms with Crippen LogP contribution in [0.1, 0.15) is 24.2 Å². The van der Waals surface area contributed by atoms with Crippen LogP contribution < -0.4 is 5.43 Å². The lowest BCUT2D eigenvalue weighted by Crippen LogP contribution is -2.34. The largest absolute Gasteiger partial charge is 0.381 e. The Balaban J connectivity index is 2.02. The van der Waals surface area contributed by atoms with Crippen molar-refractivity contribution in [3.8, 4) is 0 Å². The Bertz CT molecular complexity index is 281. The summed E-state index contributed by atoms with van der Waals surface area (Å²) >= 11 is 0. The summed E-state index contributed by atoms with van der Waals surface area (Å²) in [5.74, 6) is 0. The van der Waals surface area contributed by atoms with E-state index in [0.29, 0.717) is 6.04 Å². The quantitative estimate of drug-likeness (QED) is 0.777. The van der Waals surface area contributed by atoms with Crippen LogP contribution in [0.25, 0.3) is 0 Å². The van der Waals surface area contributed by atoms with Crippen LogP contribution in [-0.2, 0) is 4.74 Å². The average Bonchev–Trinajstić information content (AvgIpc) is 2.51. The molecule has 78 valence electrons. The Labute approximate surface area is 85.0 Å². The number of aromatic nitrogens is 1. The lowest BCUT2D eigenvalue weighted by atomic mass is 10.1. The highest BCUT2D eigenvalue weighted by Gasteiger charge is 2.14. The van der Waals surface area contributed by atoms with Gasteiger partial charge in [0, 0.05) is 30.6 Å². The van der Waals surface area contributed by atoms with Crippen molar-refractivity contribution in [3.63, 3.8) is 0 Å². The zero-order valence-electron chi connectivity index (χ0n) is 8.92. The summed E-state index contributed by atoms with van der Waals surface area (Å²) in [6, 6.07) is 4.84. The molecule has 0 spiro atoms. The predicted molar refractivity (Wildman–Crippen MR) is 57.1 cm³/mol. The fourth-order valence-electron chi connectivity index (χ4n) is 1.88. The number of hydrogen-bond donors (Lipinski definition) is 1. The van der Waals surface area contributed by atoms with Crippen LogP contribution in [0.5, 0.6) is 0 Å². The molecule has 0 saturated carbocycles. The monoisotopic (exact) mass is 194 g/mol. The topological polar surface area (TPSA) is 26.2 Å². The maximum atomic E-state index is 5.33. The molecule has 1 saturated heterocycles. The molecule has 0 bridgehead atoms. The zero-order chi connectivity index (χ0) is 9.97. The minimum Gasteiger partial charge on any atom is -0.381 e. The second-order valence-electron chi connectivity index (χ2n) is 3.97. The van der Waals surface area contributed by atoms with Crippen LogP contribution in [0, 0.1) is 13.8 Å². The van der Waals surface area contributed by atoms with E-state index in [1.54, 1.807) is 0 Å². The molecule has 1 aliphatic rings. The Kier molecular flexibility index (Phi) is 2.77. The molecule has 1 aromatic rings. The van der Waals surface area contributed by atoms with E-state index < -0.39 is 0 Å². The van der Waals surface area contributed by atoms with Gasteiger partial charge in [0.1, 0.15) is 0 Å². The molecule has 1 N–H and O–H groups in total. The van der Waals surface area contributed by atoms with Crippen LogP contribution >= 0.6 is 0 Å². The summed E-state index contributed by atoms with van der Waals surface area (Å²) in [7, 11) is 0. The highest BCUT2D eigenvalue weighted by Crippen LogP contribution is 2.11. The SMILES string of the molecule is Cc1ccc(C)n1NC1CCOCC1. The van der Waals surface area contributed by atoms with Crippen molar-refractivity contribution in [2.24, 2.45) is 0 Å². The van der Waals surface area contributed by atoms with Gasteiger partial charge < -0.3 is 10.2 Å². The van der Waals surface area contributed by atoms with E-state index >= 15 is 0 Å². The molecule has 0 radical (unpaired) electrons. The van der Waals surface area contributed by atoms with Gasteiger partial charge in [0.05, 0.1) is 0 Å². The van der Waals surface area contributed by atoms with Gasteiger partial charge in [0.25, 0.3) is 0 Å². The smallest absolute Gasteiger partial charge is 0.0486 e. The van der Waals surface area contributed by atoms with E-state index in [1.807, 2.05) is 0 Å². The van der Waals surface area contributed by atoms with Crippen molar-refractivity contribution in [1.82, 2.24) is 4.68 Å². The third-order valence-electron chi connectivity index (χ3n) is 2.80. The highest BCUT2D eigenvalue weighted by atomic mass is 16.5. The fourth-order valence-corrected chi connectivity index (χ4v) is 1.88. The first-order valence-electron chi connectivity index (χ1n) is 5.26. The minimum atomic E-state index is 0.563. The number of rotatable bonds is 2. The standard InChI is InChI=1S/C11H18N2O/c1-9-3-4-10(2)13(9)12-11-5-7-14-8-6-11/h3-4,11-12H,5-8H2,1-2H3. The van der Waals surface area contributed by atoms with Crippen molar-refractivity contribution in [1.29, 1.82) is 0 Å². The Morgan fingerprint density at radius 2 is 1.79 bits per heavy atom. The highest BCUT2D eigenvalue weighted by molar-refractivity contribution is 5.15. The number of nitrogens with zero attached hydrogens (tertiary/aromatic N) is 1. The molecule has 0 atom stereocenters. The molecule has 0 aromatic carbocycles. The second kappa shape index (κ2) is 4.05. The van der Waals surface area contributed by atoms with Gasteiger partial charge in [-0.05, 0) is 38.8 Å². The van der Waals surface area contributed by atoms with Crippen molar-refractivity contribution in [2.45, 2.75) is 32.7 Å². The number of ether oxygens (including phenoxy) is 1. The first-order valence-corrected chi connectivity index (χ1v) is 5.26. The van der Waals surface area contributed by atoms with Crippen LogP contribution in [0.2, 0.25) is 0 Å². The molecule has 1 aliphatic heterocycles. The van der Waals surface area contributed by atoms with E-state index in [0.717, 1.165) is 26.1 Å². The first-order chi connectivity index (χ1) is 6.77. The summed E-state index contributed by atoms with van der Waals surface area (Å²) in [5.41, 5.74) is 6.08. The lowest BCUT2D eigenvalue weighted by molar-refractivity contribution is 0.0879. The molecule has 0 aliphatic carbocycles. The third kappa shape index (κ3) is 1.93. The van der Waals surface area contributed by atoms with Crippen LogP contribution in [0.15, 0.2) is 12.1 Å². The Morgan fingerprint density at radius 1 is 1.21 bits per heavy atom. The van der Waals surface area contributed by atoms with Crippen LogP contribution in [0.4, 0.5) is 0 Å². The molecular formula is C11H18N2O. The van der Waals surface area contributed by atoms with Gasteiger partial charge in [0.15, 0.2) is 0 Å². The van der Waals surface area contributed by atoms with Crippen LogP contribution in [-0.4, -0.2) is 23.9 Å². The van der Waals surface area contributed by atoms with Gasteiger partial charge in [-0.2, -0.15) is 0 Å². The number of nitrogens with one attached hydrogen (secondary N) is 1. The van der Waals surface area contributed by atoms with Crippen molar-refractivity contribution >= 4 is 0 Å². The van der Waals surface area contributed by atoms with Gasteiger partial charge in [0.2, 0.25) is 0 Å². The maximum absolute atomic E-state index is 5.33. The molecule has 3 heteroatoms. The maximum Gasteiger partial charge on any atom is 0.0486 e. The average molecular weight is 194 g/mol. The Morgan fingerprint density at radius 3 is 2.36 bits per heavy atom. The summed E-state index contributed by atoms with van der Waals surface area (Å²) in [4.78, 5) is 0. The second-order valence-corrected chi connectivity index (χ2v) is 3.97. The molecule has 3 nitrogen and oxygen atoms in total. The summed E-state index contributed by atoms with van der Waals surface area (Å²) in [6.07, 6.45) is 2.22. The lowest BCUT2D eigenvalue weighted by Gasteiger charge is -2.26. The van der Waals surface area contributed by atoms with Gasteiger partial charge in [-0.25, -0.2) is 0 Å². The number of hydrogen-bond acceptors (Lipinski definition) is 2. The third-order valence-corrected chi connectivity index (χ3v) is 2.80. The minimum absolute atomic E-state index is 0.563. The molecule has 1 aromatic heterocycles. The van der Waals surface area contributed by atoms with Gasteiger partial charge in [-0.15, -0.1) is 0 Å². The molecule has 2 heterocycles. The van der Waals surface area contributed by atoms with E-state index in [9.17, 15) is 0 Å². The van der Waals surface area contributed by atoms with E-state index in [-0.39, 0.29) is 0 Å². The van der Waals surface area contributed by atoms with Crippen molar-refractivity contribution in [2.75, 3.05) is 18.6 Å². The van der Waals surface area contributed by atoms with Crippen LogP contribution in [0.3, 0.4) is 0 Å². The van der Waals surface area contributed by atoms with Gasteiger partial charge in [-0.3, -0.25) is 4.68 Å². The molecule has 14 heavy (non-hydrogen) atoms. The Hall–Kier alpha value is -0.960. The van der Waals surface area contributed by atoms with E-state index in [1.165, 1.54) is 11.4 Å². The molecule has 0 unspecified atom stereocenters. The molecule has 1 fully saturated rings. The predicted octanol–water partition coefficient (Wildman–Crippen LogP) is 1.83. The normalized spacial score (nSPS) is 18.4. The summed E-state index contributed by atoms with van der Waals surface area (Å²) < 4.78 is 7.51.